The lowest BCUT2D eigenvalue weighted by molar-refractivity contribution is -0.131. The van der Waals surface area contributed by atoms with Crippen LogP contribution in [0.4, 0.5) is 4.79 Å². The van der Waals surface area contributed by atoms with Crippen LogP contribution in [0.15, 0.2) is 36.2 Å². The molecule has 1 aromatic carbocycles. The number of Topliss-reactive ketones (excluding diaryl/α,β-unsaturated/α-hetero) is 1. The zero-order chi connectivity index (χ0) is 38.0. The predicted molar refractivity (Wildman–Crippen MR) is 204 cm³/mol. The van der Waals surface area contributed by atoms with Crippen LogP contribution in [0.1, 0.15) is 83.4 Å². The smallest absolute Gasteiger partial charge is 0.321 e. The number of sulfonamides is 1. The maximum atomic E-state index is 14.5. The Morgan fingerprint density at radius 3 is 2.53 bits per heavy atom. The highest BCUT2D eigenvalue weighted by Gasteiger charge is 2.62. The van der Waals surface area contributed by atoms with Crippen molar-refractivity contribution in [3.05, 3.63) is 47.5 Å². The quantitative estimate of drug-likeness (QED) is 0.189. The number of nitrogens with zero attached hydrogens (tertiary/aromatic N) is 4. The van der Waals surface area contributed by atoms with E-state index in [0.29, 0.717) is 61.5 Å². The molecule has 2 saturated heterocycles. The van der Waals surface area contributed by atoms with E-state index in [0.717, 1.165) is 21.7 Å². The van der Waals surface area contributed by atoms with Crippen LogP contribution >= 0.6 is 11.3 Å². The first kappa shape index (κ1) is 37.3. The van der Waals surface area contributed by atoms with Crippen LogP contribution < -0.4 is 14.2 Å². The Balaban J connectivity index is 1.23. The molecule has 53 heavy (non-hydrogen) atoms. The van der Waals surface area contributed by atoms with Gasteiger partial charge >= 0.3 is 6.03 Å². The van der Waals surface area contributed by atoms with Crippen LogP contribution in [0.25, 0.3) is 21.6 Å². The molecule has 0 spiro atoms. The second kappa shape index (κ2) is 14.0. The summed E-state index contributed by atoms with van der Waals surface area (Å²) in [4.78, 5) is 55.6. The molecular formula is C39H49N5O7S2. The second-order valence-electron chi connectivity index (χ2n) is 15.8. The number of hydrogen-bond donors (Lipinski definition) is 1. The number of ether oxygens (including phenoxy) is 2. The molecule has 0 radical (unpaired) electrons. The summed E-state index contributed by atoms with van der Waals surface area (Å²) < 4.78 is 40.3. The number of benzene rings is 1. The fraction of sp³-hybridized carbons (Fsp3) is 0.564. The van der Waals surface area contributed by atoms with Crippen molar-refractivity contribution in [2.24, 2.45) is 17.3 Å². The van der Waals surface area contributed by atoms with E-state index < -0.39 is 44.8 Å². The van der Waals surface area contributed by atoms with Crippen molar-refractivity contribution in [1.82, 2.24) is 24.5 Å². The predicted octanol–water partition coefficient (Wildman–Crippen LogP) is 6.23. The van der Waals surface area contributed by atoms with Crippen molar-refractivity contribution in [2.75, 3.05) is 20.2 Å². The molecule has 12 nitrogen and oxygen atoms in total. The lowest BCUT2D eigenvalue weighted by atomic mass is 9.91. The van der Waals surface area contributed by atoms with Crippen molar-refractivity contribution in [3.63, 3.8) is 0 Å². The van der Waals surface area contributed by atoms with Gasteiger partial charge in [0.2, 0.25) is 15.9 Å². The van der Waals surface area contributed by atoms with E-state index in [-0.39, 0.29) is 42.4 Å². The maximum Gasteiger partial charge on any atom is 0.321 e. The lowest BCUT2D eigenvalue weighted by Gasteiger charge is -2.41. The third-order valence-electron chi connectivity index (χ3n) is 11.3. The summed E-state index contributed by atoms with van der Waals surface area (Å²) in [7, 11) is -2.19. The standard InChI is InChI=1S/C39H49N5O7S2/c1-8-24-17-39(24,37(46)42-53(48,49)25-9-10-25)18-31(45)30-16-34(29-13-14-43(19-21(2)3)38(47)44(29)30)51-33-15-27(36-41-28(20-52-36)22(4)5)40-35-23(6)32(50-7)12-11-26(33)35/h8,11-12,15,20-22,24-25,29-30,34H,1,9-10,13-14,16-19H2,2-7H3,(H,42,46)/t24-,29-,30+,34-,39-/m1/s1. The van der Waals surface area contributed by atoms with E-state index in [4.69, 9.17) is 19.4 Å². The first-order chi connectivity index (χ1) is 25.2. The molecule has 284 valence electrons. The van der Waals surface area contributed by atoms with Crippen LogP contribution in [0.3, 0.4) is 0 Å². The van der Waals surface area contributed by atoms with Crippen LogP contribution in [-0.2, 0) is 19.6 Å². The van der Waals surface area contributed by atoms with Gasteiger partial charge in [-0.2, -0.15) is 0 Å². The van der Waals surface area contributed by atoms with E-state index in [2.05, 4.69) is 25.1 Å². The number of aromatic nitrogens is 2. The summed E-state index contributed by atoms with van der Waals surface area (Å²) in [6.45, 7) is 15.2. The molecule has 0 bridgehead atoms. The number of fused-ring (bicyclic) bond motifs is 2. The number of methoxy groups -OCH3 is 1. The topological polar surface area (TPSA) is 148 Å². The van der Waals surface area contributed by atoms with Gasteiger partial charge in [-0.15, -0.1) is 17.9 Å². The number of aryl methyl sites for hydroxylation is 1. The zero-order valence-electron chi connectivity index (χ0n) is 31.3. The van der Waals surface area contributed by atoms with Crippen LogP contribution in [-0.4, -0.2) is 89.5 Å². The van der Waals surface area contributed by atoms with Gasteiger partial charge in [-0.25, -0.2) is 23.2 Å². The van der Waals surface area contributed by atoms with Crippen molar-refractivity contribution in [2.45, 2.75) is 102 Å². The Hall–Kier alpha value is -4.04. The van der Waals surface area contributed by atoms with Gasteiger partial charge in [-0.3, -0.25) is 14.3 Å². The SMILES string of the molecule is C=C[C@@H]1C[C@]1(CC(=O)[C@@H]1C[C@@H](Oc2cc(-c3nc(C(C)C)cs3)nc3c(C)c(OC)ccc23)[C@H]2CCN(CC(C)C)C(=O)N21)C(=O)NS(=O)(=O)C1CC1. The van der Waals surface area contributed by atoms with Gasteiger partial charge in [0.05, 0.1) is 41.1 Å². The molecule has 4 heterocycles. The number of rotatable bonds is 14. The molecule has 2 aromatic heterocycles. The molecule has 3 aromatic rings. The average molecular weight is 764 g/mol. The number of carbonyl (C=O) groups is 3. The molecule has 0 unspecified atom stereocenters. The minimum atomic E-state index is -3.81. The lowest BCUT2D eigenvalue weighted by Crippen LogP contribution is -2.58. The third-order valence-corrected chi connectivity index (χ3v) is 14.0. The van der Waals surface area contributed by atoms with E-state index >= 15 is 0 Å². The molecule has 2 aliphatic carbocycles. The van der Waals surface area contributed by atoms with Crippen molar-refractivity contribution in [3.8, 4) is 22.2 Å². The average Bonchev–Trinajstić information content (AvgIpc) is 4.00. The number of carbonyl (C=O) groups excluding carboxylic acids is 3. The van der Waals surface area contributed by atoms with Crippen molar-refractivity contribution >= 4 is 50.0 Å². The van der Waals surface area contributed by atoms with Gasteiger partial charge in [0.25, 0.3) is 0 Å². The molecule has 2 saturated carbocycles. The molecular weight excluding hydrogens is 715 g/mol. The zero-order valence-corrected chi connectivity index (χ0v) is 32.9. The summed E-state index contributed by atoms with van der Waals surface area (Å²) in [5.41, 5.74) is 1.97. The van der Waals surface area contributed by atoms with Gasteiger partial charge in [0, 0.05) is 48.3 Å². The first-order valence-electron chi connectivity index (χ1n) is 18.6. The largest absolute Gasteiger partial charge is 0.496 e. The molecule has 4 aliphatic rings. The first-order valence-corrected chi connectivity index (χ1v) is 21.0. The number of pyridine rings is 1. The fourth-order valence-electron chi connectivity index (χ4n) is 8.02. The highest BCUT2D eigenvalue weighted by atomic mass is 32.2. The monoisotopic (exact) mass is 763 g/mol. The minimum absolute atomic E-state index is 0.197. The van der Waals surface area contributed by atoms with Crippen molar-refractivity contribution < 1.29 is 32.3 Å². The van der Waals surface area contributed by atoms with E-state index in [1.54, 1.807) is 23.0 Å². The van der Waals surface area contributed by atoms with Crippen molar-refractivity contribution in [1.29, 1.82) is 0 Å². The molecule has 5 atom stereocenters. The number of thiazole rings is 1. The van der Waals surface area contributed by atoms with Gasteiger partial charge in [-0.05, 0) is 62.5 Å². The summed E-state index contributed by atoms with van der Waals surface area (Å²) in [5.74, 6) is 0.446. The number of ketones is 1. The minimum Gasteiger partial charge on any atom is -0.496 e. The fourth-order valence-corrected chi connectivity index (χ4v) is 10.3. The molecule has 14 heteroatoms. The van der Waals surface area contributed by atoms with Crippen LogP contribution in [0.2, 0.25) is 0 Å². The van der Waals surface area contributed by atoms with Gasteiger partial charge in [0.1, 0.15) is 28.3 Å². The second-order valence-corrected chi connectivity index (χ2v) is 18.7. The number of urea groups is 1. The number of allylic oxidation sites excluding steroid dienone is 1. The highest BCUT2D eigenvalue weighted by molar-refractivity contribution is 7.90. The van der Waals surface area contributed by atoms with Gasteiger partial charge in [0.15, 0.2) is 5.78 Å². The summed E-state index contributed by atoms with van der Waals surface area (Å²) in [6.07, 6.45) is 3.05. The molecule has 2 aliphatic heterocycles. The Labute approximate surface area is 315 Å². The van der Waals surface area contributed by atoms with Crippen LogP contribution in [0.5, 0.6) is 11.5 Å². The van der Waals surface area contributed by atoms with E-state index in [1.165, 1.54) is 11.3 Å². The summed E-state index contributed by atoms with van der Waals surface area (Å²) in [5, 5.41) is 3.00. The maximum absolute atomic E-state index is 14.5. The Kier molecular flexibility index (Phi) is 9.84. The Morgan fingerprint density at radius 2 is 1.91 bits per heavy atom. The van der Waals surface area contributed by atoms with E-state index in [1.807, 2.05) is 44.4 Å². The number of amides is 3. The van der Waals surface area contributed by atoms with Crippen LogP contribution in [0, 0.1) is 24.2 Å². The van der Waals surface area contributed by atoms with Gasteiger partial charge in [-0.1, -0.05) is 33.8 Å². The van der Waals surface area contributed by atoms with E-state index in [9.17, 15) is 22.8 Å². The molecule has 7 rings (SSSR count). The highest BCUT2D eigenvalue weighted by Crippen LogP contribution is 2.57. The van der Waals surface area contributed by atoms with Gasteiger partial charge < -0.3 is 19.3 Å². The normalized spacial score (nSPS) is 25.5. The summed E-state index contributed by atoms with van der Waals surface area (Å²) in [6, 6.07) is 4.21. The number of nitrogens with one attached hydrogen (secondary N) is 1. The Morgan fingerprint density at radius 1 is 1.15 bits per heavy atom. The molecule has 1 N–H and O–H groups in total. The number of hydrogen-bond acceptors (Lipinski definition) is 10. The Bertz CT molecular complexity index is 2080. The molecule has 4 fully saturated rings. The molecule has 3 amide bonds. The third kappa shape index (κ3) is 6.92. The summed E-state index contributed by atoms with van der Waals surface area (Å²) >= 11 is 1.52.